The Labute approximate surface area is 238 Å². The Kier molecular flexibility index (Phi) is 10.2. The molecule has 2 aliphatic rings. The van der Waals surface area contributed by atoms with E-state index < -0.39 is 50.4 Å². The summed E-state index contributed by atoms with van der Waals surface area (Å²) in [5.74, 6) is -2.30. The topological polar surface area (TPSA) is 124 Å². The average Bonchev–Trinajstić information content (AvgIpc) is 2.93. The first-order valence-electron chi connectivity index (χ1n) is 12.5. The van der Waals surface area contributed by atoms with Crippen LogP contribution in [0.4, 0.5) is 27.6 Å². The SMILES string of the molecule is CC1CN(S(=O)(=O)c2cccc(C(F)(F)F)c2)c2cc(-c3cc(F)ccc3F)ccc2O1.CO.O=C(O)C1CC(O)C1. The number of ether oxygens (including phenoxy) is 1. The second-order valence-corrected chi connectivity index (χ2v) is 11.3. The van der Waals surface area contributed by atoms with Gasteiger partial charge in [0.25, 0.3) is 10.0 Å². The van der Waals surface area contributed by atoms with Crippen molar-refractivity contribution in [2.24, 2.45) is 5.92 Å². The van der Waals surface area contributed by atoms with Gasteiger partial charge in [-0.3, -0.25) is 9.10 Å². The molecular formula is C28H28F5NO7S. The number of aliphatic hydroxyl groups is 2. The average molecular weight is 618 g/mol. The molecule has 3 aromatic carbocycles. The first-order valence-corrected chi connectivity index (χ1v) is 13.9. The largest absolute Gasteiger partial charge is 0.487 e. The minimum absolute atomic E-state index is 0.0154. The molecule has 0 radical (unpaired) electrons. The Hall–Kier alpha value is -3.75. The first-order chi connectivity index (χ1) is 19.7. The number of fused-ring (bicyclic) bond motifs is 1. The van der Waals surface area contributed by atoms with Gasteiger partial charge in [-0.25, -0.2) is 17.2 Å². The maximum absolute atomic E-state index is 14.3. The Balaban J connectivity index is 0.000000414. The smallest absolute Gasteiger partial charge is 0.416 e. The molecular weight excluding hydrogens is 589 g/mol. The third kappa shape index (κ3) is 7.36. The van der Waals surface area contributed by atoms with E-state index in [0.29, 0.717) is 18.9 Å². The van der Waals surface area contributed by atoms with Crippen LogP contribution in [0, 0.1) is 17.6 Å². The second kappa shape index (κ2) is 13.0. The summed E-state index contributed by atoms with van der Waals surface area (Å²) >= 11 is 0. The van der Waals surface area contributed by atoms with Crippen LogP contribution in [0.2, 0.25) is 0 Å². The number of anilines is 1. The number of sulfonamides is 1. The maximum atomic E-state index is 14.3. The molecule has 3 N–H and O–H groups in total. The molecule has 14 heteroatoms. The quantitative estimate of drug-likeness (QED) is 0.349. The lowest BCUT2D eigenvalue weighted by Crippen LogP contribution is -2.42. The molecule has 0 amide bonds. The van der Waals surface area contributed by atoms with Crippen molar-refractivity contribution in [1.29, 1.82) is 0 Å². The van der Waals surface area contributed by atoms with Crippen molar-refractivity contribution in [1.82, 2.24) is 0 Å². The van der Waals surface area contributed by atoms with Crippen molar-refractivity contribution in [2.45, 2.75) is 43.0 Å². The monoisotopic (exact) mass is 617 g/mol. The van der Waals surface area contributed by atoms with Crippen LogP contribution < -0.4 is 9.04 Å². The molecule has 42 heavy (non-hydrogen) atoms. The zero-order valence-corrected chi connectivity index (χ0v) is 23.2. The summed E-state index contributed by atoms with van der Waals surface area (Å²) in [5.41, 5.74) is -0.997. The molecule has 1 saturated carbocycles. The molecule has 1 fully saturated rings. The van der Waals surface area contributed by atoms with Crippen molar-refractivity contribution >= 4 is 21.7 Å². The maximum Gasteiger partial charge on any atom is 0.416 e. The normalized spacial score (nSPS) is 19.5. The van der Waals surface area contributed by atoms with Crippen LogP contribution in [0.3, 0.4) is 0 Å². The zero-order valence-electron chi connectivity index (χ0n) is 22.3. The molecule has 8 nitrogen and oxygen atoms in total. The number of hydrogen-bond acceptors (Lipinski definition) is 6. The molecule has 5 rings (SSSR count). The van der Waals surface area contributed by atoms with Gasteiger partial charge in [-0.1, -0.05) is 12.1 Å². The third-order valence-corrected chi connectivity index (χ3v) is 8.21. The van der Waals surface area contributed by atoms with Gasteiger partial charge in [0.15, 0.2) is 0 Å². The Bertz CT molecular complexity index is 1530. The van der Waals surface area contributed by atoms with E-state index in [1.807, 2.05) is 0 Å². The van der Waals surface area contributed by atoms with Crippen LogP contribution in [-0.2, 0) is 21.0 Å². The number of aliphatic hydroxyl groups excluding tert-OH is 2. The number of rotatable bonds is 4. The van der Waals surface area contributed by atoms with Crippen LogP contribution in [0.15, 0.2) is 65.6 Å². The number of carbonyl (C=O) groups is 1. The molecule has 228 valence electrons. The molecule has 1 aliphatic carbocycles. The van der Waals surface area contributed by atoms with Gasteiger partial charge in [-0.15, -0.1) is 0 Å². The number of aliphatic carboxylic acids is 1. The summed E-state index contributed by atoms with van der Waals surface area (Å²) in [6.45, 7) is 1.43. The van der Waals surface area contributed by atoms with E-state index >= 15 is 0 Å². The van der Waals surface area contributed by atoms with Gasteiger partial charge in [0.1, 0.15) is 23.5 Å². The second-order valence-electron chi connectivity index (χ2n) is 9.46. The van der Waals surface area contributed by atoms with Gasteiger partial charge in [0.05, 0.1) is 34.7 Å². The summed E-state index contributed by atoms with van der Waals surface area (Å²) in [5, 5.41) is 23.8. The fraction of sp³-hybridized carbons (Fsp3) is 0.321. The molecule has 0 aromatic heterocycles. The highest BCUT2D eigenvalue weighted by molar-refractivity contribution is 7.92. The summed E-state index contributed by atoms with van der Waals surface area (Å²) in [6, 6.07) is 10.5. The molecule has 1 heterocycles. The van der Waals surface area contributed by atoms with Crippen molar-refractivity contribution in [3.05, 3.63) is 77.9 Å². The lowest BCUT2D eigenvalue weighted by atomic mass is 9.83. The number of benzene rings is 3. The number of carboxylic acid groups (broad SMARTS) is 1. The van der Waals surface area contributed by atoms with Crippen LogP contribution in [0.25, 0.3) is 11.1 Å². The molecule has 0 spiro atoms. The van der Waals surface area contributed by atoms with Gasteiger partial charge in [-0.2, -0.15) is 13.2 Å². The first kappa shape index (κ1) is 32.8. The van der Waals surface area contributed by atoms with Crippen molar-refractivity contribution in [3.8, 4) is 16.9 Å². The predicted octanol–water partition coefficient (Wildman–Crippen LogP) is 5.08. The predicted molar refractivity (Wildman–Crippen MR) is 142 cm³/mol. The number of carboxylic acids is 1. The molecule has 0 saturated heterocycles. The molecule has 1 atom stereocenters. The summed E-state index contributed by atoms with van der Waals surface area (Å²) in [6.07, 6.45) is -4.79. The Morgan fingerprint density at radius 2 is 1.67 bits per heavy atom. The molecule has 1 unspecified atom stereocenters. The van der Waals surface area contributed by atoms with Gasteiger partial charge in [0.2, 0.25) is 0 Å². The summed E-state index contributed by atoms with van der Waals surface area (Å²) in [4.78, 5) is 9.47. The van der Waals surface area contributed by atoms with E-state index in [4.69, 9.17) is 20.1 Å². The molecule has 1 aliphatic heterocycles. The summed E-state index contributed by atoms with van der Waals surface area (Å²) in [7, 11) is -3.42. The highest BCUT2D eigenvalue weighted by atomic mass is 32.2. The highest BCUT2D eigenvalue weighted by Crippen LogP contribution is 2.41. The van der Waals surface area contributed by atoms with Crippen LogP contribution in [0.1, 0.15) is 25.3 Å². The Morgan fingerprint density at radius 3 is 2.24 bits per heavy atom. The fourth-order valence-corrected chi connectivity index (χ4v) is 5.85. The number of halogens is 5. The third-order valence-electron chi connectivity index (χ3n) is 6.43. The summed E-state index contributed by atoms with van der Waals surface area (Å²) < 4.78 is 100. The Morgan fingerprint density at radius 1 is 1.00 bits per heavy atom. The van der Waals surface area contributed by atoms with Crippen LogP contribution in [-0.4, -0.2) is 55.6 Å². The van der Waals surface area contributed by atoms with E-state index in [0.717, 1.165) is 47.8 Å². The lowest BCUT2D eigenvalue weighted by Gasteiger charge is -2.34. The van der Waals surface area contributed by atoms with Gasteiger partial charge < -0.3 is 20.1 Å². The highest BCUT2D eigenvalue weighted by Gasteiger charge is 2.36. The van der Waals surface area contributed by atoms with Crippen molar-refractivity contribution in [3.63, 3.8) is 0 Å². The fourth-order valence-electron chi connectivity index (χ4n) is 4.26. The molecule has 3 aromatic rings. The van der Waals surface area contributed by atoms with Crippen LogP contribution >= 0.6 is 0 Å². The lowest BCUT2D eigenvalue weighted by molar-refractivity contribution is -0.148. The number of hydrogen-bond donors (Lipinski definition) is 3. The number of alkyl halides is 3. The van der Waals surface area contributed by atoms with Crippen molar-refractivity contribution < 1.29 is 55.2 Å². The van der Waals surface area contributed by atoms with E-state index in [-0.39, 0.29) is 41.1 Å². The van der Waals surface area contributed by atoms with E-state index in [2.05, 4.69) is 0 Å². The van der Waals surface area contributed by atoms with E-state index in [1.54, 1.807) is 6.92 Å². The minimum Gasteiger partial charge on any atom is -0.487 e. The minimum atomic E-state index is -4.72. The standard InChI is InChI=1S/C22H16F5NO3S.C5H8O3.CH4O/c1-13-12-28(32(29,30)17-4-2-3-15(10-17)22(25,26)27)20-9-14(5-8-21(20)31-13)18-11-16(23)6-7-19(18)24;6-4-1-3(2-4)5(7)8;1-2/h2-11,13H,12H2,1H3;3-4,6H,1-2H2,(H,7,8);2H,1H3. The number of nitrogens with zero attached hydrogens (tertiary/aromatic N) is 1. The molecule has 0 bridgehead atoms. The van der Waals surface area contributed by atoms with Gasteiger partial charge in [-0.05, 0) is 73.9 Å². The van der Waals surface area contributed by atoms with Gasteiger partial charge >= 0.3 is 12.1 Å². The van der Waals surface area contributed by atoms with Crippen molar-refractivity contribution in [2.75, 3.05) is 18.0 Å². The van der Waals surface area contributed by atoms with E-state index in [9.17, 15) is 35.2 Å². The zero-order chi connectivity index (χ0) is 31.4. The van der Waals surface area contributed by atoms with E-state index in [1.165, 1.54) is 18.2 Å². The van der Waals surface area contributed by atoms with Gasteiger partial charge in [0, 0.05) is 12.7 Å². The van der Waals surface area contributed by atoms with Crippen LogP contribution in [0.5, 0.6) is 5.75 Å².